The lowest BCUT2D eigenvalue weighted by Crippen LogP contribution is -2.19. The third kappa shape index (κ3) is 7.06. The summed E-state index contributed by atoms with van der Waals surface area (Å²) in [4.78, 5) is 10.9. The van der Waals surface area contributed by atoms with E-state index in [1.54, 1.807) is 12.1 Å². The molecule has 0 saturated heterocycles. The number of pyridine rings is 2. The number of aromatic hydroxyl groups is 1. The number of nitrogen functional groups attached to an aromatic ring is 2. The summed E-state index contributed by atoms with van der Waals surface area (Å²) in [6.45, 7) is 1.62. The van der Waals surface area contributed by atoms with Gasteiger partial charge in [0.1, 0.15) is 29.7 Å². The maximum Gasteiger partial charge on any atom is 0.124 e. The van der Waals surface area contributed by atoms with E-state index in [-0.39, 0.29) is 0 Å². The Bertz CT molecular complexity index is 1430. The smallest absolute Gasteiger partial charge is 0.124 e. The van der Waals surface area contributed by atoms with Crippen LogP contribution in [0.3, 0.4) is 0 Å². The van der Waals surface area contributed by atoms with Crippen LogP contribution in [0.25, 0.3) is 22.5 Å². The fraction of sp³-hybridized carbons (Fsp3) is 0.312. The molecule has 202 valence electrons. The van der Waals surface area contributed by atoms with E-state index in [0.29, 0.717) is 35.8 Å². The van der Waals surface area contributed by atoms with Crippen LogP contribution in [-0.2, 0) is 0 Å². The molecule has 0 atom stereocenters. The molecule has 39 heavy (non-hydrogen) atoms. The van der Waals surface area contributed by atoms with Crippen molar-refractivity contribution < 1.29 is 9.84 Å². The van der Waals surface area contributed by atoms with Crippen molar-refractivity contribution in [1.29, 1.82) is 0 Å². The Morgan fingerprint density at radius 1 is 0.769 bits per heavy atom. The number of aromatic nitrogens is 2. The zero-order valence-corrected chi connectivity index (χ0v) is 22.7. The first-order valence-electron chi connectivity index (χ1n) is 13.6. The maximum absolute atomic E-state index is 9.57. The highest BCUT2D eigenvalue weighted by atomic mass is 16.5. The number of anilines is 2. The molecule has 0 unspecified atom stereocenters. The summed E-state index contributed by atoms with van der Waals surface area (Å²) in [6, 6.07) is 23.2. The zero-order valence-electron chi connectivity index (χ0n) is 22.7. The molecular formula is C32H37N5O2. The number of rotatable bonds is 8. The molecule has 7 nitrogen and oxygen atoms in total. The van der Waals surface area contributed by atoms with Gasteiger partial charge in [0.2, 0.25) is 0 Å². The molecule has 0 spiro atoms. The van der Waals surface area contributed by atoms with Gasteiger partial charge in [0.05, 0.1) is 11.4 Å². The van der Waals surface area contributed by atoms with E-state index >= 15 is 0 Å². The number of benzene rings is 2. The number of phenolic OH excluding ortho intramolecular Hbond substituents is 1. The van der Waals surface area contributed by atoms with Crippen LogP contribution in [0.2, 0.25) is 0 Å². The summed E-state index contributed by atoms with van der Waals surface area (Å²) < 4.78 is 5.86. The average Bonchev–Trinajstić information content (AvgIpc) is 3.83. The Hall–Kier alpha value is -4.10. The molecule has 0 radical (unpaired) electrons. The van der Waals surface area contributed by atoms with Crippen molar-refractivity contribution in [3.63, 3.8) is 0 Å². The minimum absolute atomic E-state index is 0.319. The predicted octanol–water partition coefficient (Wildman–Crippen LogP) is 6.06. The summed E-state index contributed by atoms with van der Waals surface area (Å²) >= 11 is 0. The topological polar surface area (TPSA) is 111 Å². The van der Waals surface area contributed by atoms with E-state index in [1.807, 2.05) is 62.6 Å². The molecule has 0 bridgehead atoms. The van der Waals surface area contributed by atoms with Crippen molar-refractivity contribution in [3.8, 4) is 34.0 Å². The van der Waals surface area contributed by atoms with Gasteiger partial charge in [-0.2, -0.15) is 0 Å². The lowest BCUT2D eigenvalue weighted by molar-refractivity contribution is 0.261. The highest BCUT2D eigenvalue weighted by molar-refractivity contribution is 5.68. The molecule has 4 aromatic rings. The van der Waals surface area contributed by atoms with Crippen LogP contribution in [0.15, 0.2) is 72.8 Å². The van der Waals surface area contributed by atoms with Gasteiger partial charge >= 0.3 is 0 Å². The second-order valence-electron chi connectivity index (χ2n) is 10.6. The number of nitrogens with zero attached hydrogens (tertiary/aromatic N) is 3. The van der Waals surface area contributed by atoms with Gasteiger partial charge in [-0.05, 0) is 123 Å². The third-order valence-corrected chi connectivity index (χ3v) is 6.99. The molecule has 2 fully saturated rings. The van der Waals surface area contributed by atoms with Gasteiger partial charge in [0.25, 0.3) is 0 Å². The molecule has 2 aliphatic carbocycles. The summed E-state index contributed by atoms with van der Waals surface area (Å²) in [7, 11) is 4.10. The Morgan fingerprint density at radius 2 is 1.31 bits per heavy atom. The zero-order chi connectivity index (χ0) is 27.4. The predicted molar refractivity (Wildman–Crippen MR) is 158 cm³/mol. The fourth-order valence-corrected chi connectivity index (χ4v) is 4.66. The van der Waals surface area contributed by atoms with Gasteiger partial charge in [-0.3, -0.25) is 0 Å². The molecule has 2 aromatic carbocycles. The van der Waals surface area contributed by atoms with Crippen molar-refractivity contribution in [2.24, 2.45) is 0 Å². The summed E-state index contributed by atoms with van der Waals surface area (Å²) in [6.07, 6.45) is 4.88. The highest BCUT2D eigenvalue weighted by Crippen LogP contribution is 2.46. The summed E-state index contributed by atoms with van der Waals surface area (Å²) in [5, 5.41) is 9.57. The number of phenols is 1. The Morgan fingerprint density at radius 3 is 1.82 bits per heavy atom. The molecular weight excluding hydrogens is 486 g/mol. The minimum atomic E-state index is 0.319. The maximum atomic E-state index is 9.57. The quantitative estimate of drug-likeness (QED) is 0.257. The monoisotopic (exact) mass is 523 g/mol. The molecule has 2 aliphatic rings. The molecule has 2 heterocycles. The van der Waals surface area contributed by atoms with Gasteiger partial charge < -0.3 is 26.2 Å². The van der Waals surface area contributed by atoms with E-state index < -0.39 is 0 Å². The van der Waals surface area contributed by atoms with Crippen LogP contribution in [0.1, 0.15) is 48.6 Å². The van der Waals surface area contributed by atoms with Crippen molar-refractivity contribution >= 4 is 11.6 Å². The minimum Gasteiger partial charge on any atom is -0.508 e. The largest absolute Gasteiger partial charge is 0.508 e. The number of likely N-dealkylation sites (N-methyl/N-ethyl adjacent to an activating group) is 1. The van der Waals surface area contributed by atoms with Gasteiger partial charge in [-0.15, -0.1) is 0 Å². The van der Waals surface area contributed by atoms with Gasteiger partial charge in [0.15, 0.2) is 0 Å². The van der Waals surface area contributed by atoms with E-state index in [4.69, 9.17) is 16.2 Å². The van der Waals surface area contributed by atoms with Crippen LogP contribution in [0.4, 0.5) is 11.6 Å². The van der Waals surface area contributed by atoms with Crippen LogP contribution in [-0.4, -0.2) is 47.2 Å². The van der Waals surface area contributed by atoms with Crippen LogP contribution in [0.5, 0.6) is 11.5 Å². The lowest BCUT2D eigenvalue weighted by Gasteiger charge is -2.14. The standard InChI is InChI=1S/C18H23N3O.C14H14N2O/c1-21(2)10-11-22-14-8-9-15(16(12-14)13-6-7-13)17-4-3-5-18(19)20-17;15-14-3-1-2-13(16-14)11-7-6-10(17)8-12(11)9-4-5-9/h3-5,8-9,12-13H,6-7,10-11H2,1-2H3,(H2,19,20);1-3,6-9,17H,4-5H2,(H2,15,16). The first kappa shape index (κ1) is 26.5. The molecule has 7 heteroatoms. The Labute approximate surface area is 230 Å². The summed E-state index contributed by atoms with van der Waals surface area (Å²) in [5.74, 6) is 3.55. The third-order valence-electron chi connectivity index (χ3n) is 6.99. The fourth-order valence-electron chi connectivity index (χ4n) is 4.66. The number of hydrogen-bond acceptors (Lipinski definition) is 7. The molecule has 5 N–H and O–H groups in total. The van der Waals surface area contributed by atoms with E-state index in [9.17, 15) is 5.11 Å². The normalized spacial score (nSPS) is 14.5. The SMILES string of the molecule is CN(C)CCOc1ccc(-c2cccc(N)n2)c(C2CC2)c1.Nc1cccc(-c2ccc(O)cc2C2CC2)n1. The van der Waals surface area contributed by atoms with Crippen LogP contribution < -0.4 is 16.2 Å². The molecule has 0 aliphatic heterocycles. The van der Waals surface area contributed by atoms with Gasteiger partial charge in [0, 0.05) is 17.7 Å². The van der Waals surface area contributed by atoms with E-state index in [2.05, 4.69) is 27.0 Å². The van der Waals surface area contributed by atoms with E-state index in [0.717, 1.165) is 29.2 Å². The molecule has 6 rings (SSSR count). The Kier molecular flexibility index (Phi) is 7.98. The van der Waals surface area contributed by atoms with Crippen molar-refractivity contribution in [2.45, 2.75) is 37.5 Å². The van der Waals surface area contributed by atoms with Crippen LogP contribution >= 0.6 is 0 Å². The Balaban J connectivity index is 0.000000163. The van der Waals surface area contributed by atoms with Crippen molar-refractivity contribution in [3.05, 3.63) is 83.9 Å². The number of hydrogen-bond donors (Lipinski definition) is 3. The first-order valence-corrected chi connectivity index (χ1v) is 13.6. The highest BCUT2D eigenvalue weighted by Gasteiger charge is 2.28. The van der Waals surface area contributed by atoms with Crippen LogP contribution in [0, 0.1) is 0 Å². The van der Waals surface area contributed by atoms with Gasteiger partial charge in [-0.25, -0.2) is 9.97 Å². The number of ether oxygens (including phenoxy) is 1. The van der Waals surface area contributed by atoms with Crippen molar-refractivity contribution in [2.75, 3.05) is 38.7 Å². The second kappa shape index (κ2) is 11.7. The number of nitrogens with two attached hydrogens (primary N) is 2. The first-order chi connectivity index (χ1) is 18.9. The molecule has 2 aromatic heterocycles. The van der Waals surface area contributed by atoms with Crippen molar-refractivity contribution in [1.82, 2.24) is 14.9 Å². The lowest BCUT2D eigenvalue weighted by atomic mass is 9.99. The second-order valence-corrected chi connectivity index (χ2v) is 10.6. The molecule has 2 saturated carbocycles. The van der Waals surface area contributed by atoms with E-state index in [1.165, 1.54) is 42.4 Å². The summed E-state index contributed by atoms with van der Waals surface area (Å²) in [5.41, 5.74) is 18.1. The molecule has 0 amide bonds. The van der Waals surface area contributed by atoms with Gasteiger partial charge in [-0.1, -0.05) is 12.1 Å². The average molecular weight is 524 g/mol.